The molecule has 0 aliphatic carbocycles. The maximum absolute atomic E-state index is 12.0. The van der Waals surface area contributed by atoms with E-state index in [1.165, 1.54) is 10.7 Å². The minimum Gasteiger partial charge on any atom is -0.399 e. The van der Waals surface area contributed by atoms with Crippen LogP contribution in [-0.2, 0) is 11.3 Å². The number of halogens is 4. The van der Waals surface area contributed by atoms with Crippen LogP contribution in [0.2, 0.25) is 5.02 Å². The second-order valence-electron chi connectivity index (χ2n) is 4.13. The summed E-state index contributed by atoms with van der Waals surface area (Å²) in [5, 5.41) is 11.3. The molecule has 0 atom stereocenters. The number of anilines is 1. The summed E-state index contributed by atoms with van der Waals surface area (Å²) in [7, 11) is 0. The van der Waals surface area contributed by atoms with Crippen molar-refractivity contribution in [2.75, 3.05) is 18.9 Å². The summed E-state index contributed by atoms with van der Waals surface area (Å²) in [5.74, 6) is 0.329. The summed E-state index contributed by atoms with van der Waals surface area (Å²) in [5.41, 5.74) is 6.61. The van der Waals surface area contributed by atoms with E-state index in [0.717, 1.165) is 0 Å². The molecule has 21 heavy (non-hydrogen) atoms. The number of tetrazole rings is 1. The lowest BCUT2D eigenvalue weighted by atomic mass is 10.2. The van der Waals surface area contributed by atoms with Gasteiger partial charge in [-0.25, -0.2) is 4.68 Å². The van der Waals surface area contributed by atoms with Crippen molar-refractivity contribution in [2.45, 2.75) is 12.7 Å². The Labute approximate surface area is 122 Å². The molecule has 0 fully saturated rings. The molecule has 114 valence electrons. The highest BCUT2D eigenvalue weighted by Gasteiger charge is 2.27. The number of benzene rings is 1. The molecular weight excluding hydrogens is 311 g/mol. The highest BCUT2D eigenvalue weighted by molar-refractivity contribution is 6.33. The fourth-order valence-corrected chi connectivity index (χ4v) is 1.87. The number of hydrogen-bond donors (Lipinski definition) is 1. The predicted molar refractivity (Wildman–Crippen MR) is 69.5 cm³/mol. The maximum Gasteiger partial charge on any atom is 0.411 e. The first-order valence-corrected chi connectivity index (χ1v) is 6.20. The second kappa shape index (κ2) is 6.27. The number of nitrogens with two attached hydrogens (primary N) is 1. The van der Waals surface area contributed by atoms with Crippen LogP contribution in [0.25, 0.3) is 11.4 Å². The number of ether oxygens (including phenoxy) is 1. The summed E-state index contributed by atoms with van der Waals surface area (Å²) < 4.78 is 41.7. The van der Waals surface area contributed by atoms with Gasteiger partial charge in [0, 0.05) is 11.3 Å². The zero-order chi connectivity index (χ0) is 15.5. The molecule has 0 bridgehead atoms. The van der Waals surface area contributed by atoms with Crippen LogP contribution in [0.5, 0.6) is 0 Å². The largest absolute Gasteiger partial charge is 0.411 e. The number of hydrogen-bond acceptors (Lipinski definition) is 5. The van der Waals surface area contributed by atoms with E-state index in [1.807, 2.05) is 0 Å². The highest BCUT2D eigenvalue weighted by Crippen LogP contribution is 2.27. The first kappa shape index (κ1) is 15.5. The summed E-state index contributed by atoms with van der Waals surface area (Å²) in [6.07, 6.45) is -4.36. The van der Waals surface area contributed by atoms with E-state index < -0.39 is 12.8 Å². The van der Waals surface area contributed by atoms with E-state index in [0.29, 0.717) is 22.1 Å². The van der Waals surface area contributed by atoms with Crippen molar-refractivity contribution in [1.29, 1.82) is 0 Å². The molecule has 10 heteroatoms. The van der Waals surface area contributed by atoms with Gasteiger partial charge in [0.15, 0.2) is 5.82 Å². The SMILES string of the molecule is Nc1ccc(-c2nnnn2CCOCC(F)(F)F)c(Cl)c1. The van der Waals surface area contributed by atoms with E-state index in [4.69, 9.17) is 17.3 Å². The van der Waals surface area contributed by atoms with E-state index >= 15 is 0 Å². The van der Waals surface area contributed by atoms with Crippen molar-refractivity contribution in [3.63, 3.8) is 0 Å². The van der Waals surface area contributed by atoms with Gasteiger partial charge in [-0.2, -0.15) is 13.2 Å². The monoisotopic (exact) mass is 321 g/mol. The molecule has 2 N–H and O–H groups in total. The van der Waals surface area contributed by atoms with Crippen molar-refractivity contribution in [2.24, 2.45) is 0 Å². The Morgan fingerprint density at radius 3 is 2.76 bits per heavy atom. The average Bonchev–Trinajstić information content (AvgIpc) is 2.82. The van der Waals surface area contributed by atoms with Gasteiger partial charge in [0.25, 0.3) is 0 Å². The maximum atomic E-state index is 12.0. The zero-order valence-electron chi connectivity index (χ0n) is 10.6. The minimum absolute atomic E-state index is 0.0686. The van der Waals surface area contributed by atoms with Gasteiger partial charge in [0.2, 0.25) is 0 Å². The van der Waals surface area contributed by atoms with Crippen LogP contribution < -0.4 is 5.73 Å². The number of nitrogens with zero attached hydrogens (tertiary/aromatic N) is 4. The molecule has 1 aromatic carbocycles. The van der Waals surface area contributed by atoms with Gasteiger partial charge in [0.05, 0.1) is 18.2 Å². The van der Waals surface area contributed by atoms with E-state index in [9.17, 15) is 13.2 Å². The van der Waals surface area contributed by atoms with Crippen molar-refractivity contribution in [3.05, 3.63) is 23.2 Å². The Bertz CT molecular complexity index is 616. The van der Waals surface area contributed by atoms with Crippen molar-refractivity contribution >= 4 is 17.3 Å². The van der Waals surface area contributed by atoms with Crippen LogP contribution in [0, 0.1) is 0 Å². The van der Waals surface area contributed by atoms with Gasteiger partial charge in [-0.05, 0) is 28.6 Å². The lowest BCUT2D eigenvalue weighted by molar-refractivity contribution is -0.174. The normalized spacial score (nSPS) is 11.8. The van der Waals surface area contributed by atoms with Crippen LogP contribution in [0.1, 0.15) is 0 Å². The molecule has 0 amide bonds. The fraction of sp³-hybridized carbons (Fsp3) is 0.364. The molecule has 1 heterocycles. The van der Waals surface area contributed by atoms with Gasteiger partial charge < -0.3 is 10.5 Å². The lowest BCUT2D eigenvalue weighted by Gasteiger charge is -2.09. The molecule has 0 spiro atoms. The standard InChI is InChI=1S/C11H11ClF3N5O/c12-9-5-7(16)1-2-8(9)10-17-18-19-20(10)3-4-21-6-11(13,14)15/h1-2,5H,3-4,6,16H2. The highest BCUT2D eigenvalue weighted by atomic mass is 35.5. The van der Waals surface area contributed by atoms with E-state index in [-0.39, 0.29) is 13.2 Å². The molecule has 0 saturated heterocycles. The summed E-state index contributed by atoms with van der Waals surface area (Å²) in [4.78, 5) is 0. The van der Waals surface area contributed by atoms with Crippen molar-refractivity contribution < 1.29 is 17.9 Å². The van der Waals surface area contributed by atoms with Crippen LogP contribution in [0.15, 0.2) is 18.2 Å². The van der Waals surface area contributed by atoms with Gasteiger partial charge in [-0.1, -0.05) is 11.6 Å². The minimum atomic E-state index is -4.36. The Morgan fingerprint density at radius 2 is 2.10 bits per heavy atom. The molecule has 1 aromatic heterocycles. The Hall–Kier alpha value is -1.87. The number of nitrogen functional groups attached to an aromatic ring is 1. The second-order valence-corrected chi connectivity index (χ2v) is 4.54. The van der Waals surface area contributed by atoms with Gasteiger partial charge in [0.1, 0.15) is 6.61 Å². The number of rotatable bonds is 5. The average molecular weight is 322 g/mol. The molecule has 6 nitrogen and oxygen atoms in total. The van der Waals surface area contributed by atoms with Crippen molar-refractivity contribution in [3.8, 4) is 11.4 Å². The van der Waals surface area contributed by atoms with E-state index in [2.05, 4.69) is 20.3 Å². The third-order valence-corrected chi connectivity index (χ3v) is 2.79. The zero-order valence-corrected chi connectivity index (χ0v) is 11.4. The third-order valence-electron chi connectivity index (χ3n) is 2.48. The predicted octanol–water partition coefficient (Wildman–Crippen LogP) is 2.15. The molecule has 2 aromatic rings. The number of alkyl halides is 3. The molecule has 0 unspecified atom stereocenters. The fourth-order valence-electron chi connectivity index (χ4n) is 1.60. The molecule has 0 radical (unpaired) electrons. The van der Waals surface area contributed by atoms with Crippen molar-refractivity contribution in [1.82, 2.24) is 20.2 Å². The summed E-state index contributed by atoms with van der Waals surface area (Å²) in [6.45, 7) is -1.42. The topological polar surface area (TPSA) is 78.9 Å². The van der Waals surface area contributed by atoms with Gasteiger partial charge in [-0.3, -0.25) is 0 Å². The van der Waals surface area contributed by atoms with Gasteiger partial charge >= 0.3 is 6.18 Å². The quantitative estimate of drug-likeness (QED) is 0.674. The van der Waals surface area contributed by atoms with Crippen LogP contribution in [-0.4, -0.2) is 39.6 Å². The lowest BCUT2D eigenvalue weighted by Crippen LogP contribution is -2.19. The van der Waals surface area contributed by atoms with Gasteiger partial charge in [-0.15, -0.1) is 5.10 Å². The van der Waals surface area contributed by atoms with Crippen LogP contribution in [0.3, 0.4) is 0 Å². The molecule has 0 aliphatic rings. The Kier molecular flexibility index (Phi) is 4.63. The molecule has 0 aliphatic heterocycles. The Balaban J connectivity index is 2.05. The van der Waals surface area contributed by atoms with Crippen LogP contribution in [0.4, 0.5) is 18.9 Å². The Morgan fingerprint density at radius 1 is 1.33 bits per heavy atom. The first-order chi connectivity index (χ1) is 9.87. The molecule has 2 rings (SSSR count). The summed E-state index contributed by atoms with van der Waals surface area (Å²) in [6, 6.07) is 4.80. The van der Waals surface area contributed by atoms with E-state index in [1.54, 1.807) is 12.1 Å². The number of aromatic nitrogens is 4. The first-order valence-electron chi connectivity index (χ1n) is 5.83. The summed E-state index contributed by atoms with van der Waals surface area (Å²) >= 11 is 6.05. The third kappa shape index (κ3) is 4.30. The molecular formula is C11H11ClF3N5O. The molecule has 0 saturated carbocycles. The smallest absolute Gasteiger partial charge is 0.399 e. The van der Waals surface area contributed by atoms with Crippen LogP contribution >= 0.6 is 11.6 Å².